The predicted molar refractivity (Wildman–Crippen MR) is 54.5 cm³/mol. The number of halogens is 2. The fourth-order valence-corrected chi connectivity index (χ4v) is 4.12. The van der Waals surface area contributed by atoms with Gasteiger partial charge in [0.15, 0.2) is 0 Å². The second-order valence-electron chi connectivity index (χ2n) is 1.70. The zero-order valence-corrected chi connectivity index (χ0v) is 11.9. The number of anilines is 1. The van der Waals surface area contributed by atoms with Crippen LogP contribution in [0.5, 0.6) is 0 Å². The van der Waals surface area contributed by atoms with Gasteiger partial charge in [-0.05, 0) is 0 Å². The van der Waals surface area contributed by atoms with E-state index in [1.165, 1.54) is 0 Å². The summed E-state index contributed by atoms with van der Waals surface area (Å²) in [6.45, 7) is 0. The van der Waals surface area contributed by atoms with Crippen LogP contribution in [0.25, 0.3) is 0 Å². The molecule has 1 aromatic carbocycles. The second-order valence-corrected chi connectivity index (χ2v) is 9.77. The molecule has 0 amide bonds. The second kappa shape index (κ2) is 4.76. The zero-order chi connectivity index (χ0) is 7.40. The van der Waals surface area contributed by atoms with Crippen molar-refractivity contribution < 1.29 is 0 Å². The number of para-hydroxylation sites is 1. The SMILES string of the molecule is Cl[N]([Pb][I])c1ccccc1. The monoisotopic (exact) mass is 461 g/mol. The summed E-state index contributed by atoms with van der Waals surface area (Å²) in [6, 6.07) is 10.0. The Bertz CT molecular complexity index is 194. The van der Waals surface area contributed by atoms with Crippen molar-refractivity contribution >= 4 is 55.5 Å². The molecule has 52 valence electrons. The molecule has 2 radical (unpaired) electrons. The normalized spacial score (nSPS) is 9.40. The molecular formula is C6H5ClINPb. The van der Waals surface area contributed by atoms with Gasteiger partial charge in [0.25, 0.3) is 0 Å². The van der Waals surface area contributed by atoms with E-state index < -0.39 is 20.2 Å². The molecule has 0 aliphatic heterocycles. The van der Waals surface area contributed by atoms with Gasteiger partial charge in [0.2, 0.25) is 0 Å². The van der Waals surface area contributed by atoms with Crippen LogP contribution in [0.4, 0.5) is 5.69 Å². The Hall–Kier alpha value is 0.962. The van der Waals surface area contributed by atoms with Gasteiger partial charge in [0.05, 0.1) is 0 Å². The first-order valence-corrected chi connectivity index (χ1v) is 15.7. The first kappa shape index (κ1) is 9.05. The third kappa shape index (κ3) is 2.54. The van der Waals surface area contributed by atoms with E-state index in [9.17, 15) is 0 Å². The van der Waals surface area contributed by atoms with Crippen molar-refractivity contribution in [1.29, 1.82) is 0 Å². The summed E-state index contributed by atoms with van der Waals surface area (Å²) in [7, 11) is 0. The molecule has 1 aromatic rings. The minimum absolute atomic E-state index is 0.726. The molecule has 0 bridgehead atoms. The van der Waals surface area contributed by atoms with Crippen molar-refractivity contribution in [1.82, 2.24) is 0 Å². The van der Waals surface area contributed by atoms with Crippen LogP contribution in [0.15, 0.2) is 30.3 Å². The Labute approximate surface area is 86.9 Å². The summed E-state index contributed by atoms with van der Waals surface area (Å²) in [5, 5.41) is 0. The molecule has 0 aliphatic rings. The molecule has 0 N–H and O–H groups in total. The maximum absolute atomic E-state index is 5.90. The molecule has 1 rings (SSSR count). The predicted octanol–water partition coefficient (Wildman–Crippen LogP) is 2.62. The molecule has 0 unspecified atom stereocenters. The summed E-state index contributed by atoms with van der Waals surface area (Å²) in [4.78, 5) is 0. The van der Waals surface area contributed by atoms with E-state index in [1.54, 1.807) is 0 Å². The van der Waals surface area contributed by atoms with Crippen molar-refractivity contribution in [2.45, 2.75) is 0 Å². The standard InChI is InChI=1S/C6H5ClN.HI.Pb/c7-8-6-4-2-1-3-5-6;;/h1-5H;1H;/q-1;;+2/p-1. The maximum atomic E-state index is 5.90. The molecule has 0 saturated carbocycles. The van der Waals surface area contributed by atoms with Gasteiger partial charge in [-0.1, -0.05) is 0 Å². The summed E-state index contributed by atoms with van der Waals surface area (Å²) < 4.78 is 1.86. The number of nitrogens with zero attached hydrogens (tertiary/aromatic N) is 1. The summed E-state index contributed by atoms with van der Waals surface area (Å²) in [5.74, 6) is 0. The van der Waals surface area contributed by atoms with E-state index >= 15 is 0 Å². The van der Waals surface area contributed by atoms with Gasteiger partial charge >= 0.3 is 88.0 Å². The number of benzene rings is 1. The average molecular weight is 461 g/mol. The van der Waals surface area contributed by atoms with Gasteiger partial charge in [-0.25, -0.2) is 0 Å². The molecule has 0 spiro atoms. The van der Waals surface area contributed by atoms with Crippen LogP contribution in [0, 0.1) is 0 Å². The molecule has 0 aliphatic carbocycles. The molecular weight excluding hydrogens is 456 g/mol. The fraction of sp³-hybridized carbons (Fsp3) is 0. The number of hydrogen-bond acceptors (Lipinski definition) is 1. The third-order valence-corrected chi connectivity index (χ3v) is 10.3. The molecule has 0 aromatic heterocycles. The van der Waals surface area contributed by atoms with E-state index in [0.29, 0.717) is 0 Å². The van der Waals surface area contributed by atoms with E-state index in [1.807, 2.05) is 32.6 Å². The van der Waals surface area contributed by atoms with Crippen LogP contribution in [-0.4, -0.2) is 20.2 Å². The molecule has 0 heterocycles. The van der Waals surface area contributed by atoms with Crippen LogP contribution in [-0.2, 0) is 0 Å². The average Bonchev–Trinajstić information content (AvgIpc) is 2.05. The molecule has 1 nitrogen and oxygen atoms in total. The first-order valence-electron chi connectivity index (χ1n) is 2.72. The van der Waals surface area contributed by atoms with E-state index in [0.717, 1.165) is 5.69 Å². The van der Waals surface area contributed by atoms with E-state index in [2.05, 4.69) is 17.8 Å². The van der Waals surface area contributed by atoms with Crippen LogP contribution in [0.3, 0.4) is 0 Å². The minimum atomic E-state index is -0.726. The van der Waals surface area contributed by atoms with E-state index in [-0.39, 0.29) is 0 Å². The van der Waals surface area contributed by atoms with Crippen molar-refractivity contribution in [3.05, 3.63) is 30.3 Å². The van der Waals surface area contributed by atoms with Gasteiger partial charge in [0, 0.05) is 0 Å². The number of hydrogen-bond donors (Lipinski definition) is 0. The van der Waals surface area contributed by atoms with Crippen LogP contribution >= 0.6 is 29.5 Å². The molecule has 0 atom stereocenters. The summed E-state index contributed by atoms with van der Waals surface area (Å²) >= 11 is 7.58. The summed E-state index contributed by atoms with van der Waals surface area (Å²) in [6.07, 6.45) is 0. The van der Waals surface area contributed by atoms with Gasteiger partial charge in [0.1, 0.15) is 0 Å². The molecule has 0 fully saturated rings. The Morgan fingerprint density at radius 3 is 2.40 bits per heavy atom. The van der Waals surface area contributed by atoms with E-state index in [4.69, 9.17) is 11.8 Å². The number of rotatable bonds is 2. The van der Waals surface area contributed by atoms with Gasteiger partial charge in [-0.15, -0.1) is 0 Å². The van der Waals surface area contributed by atoms with Gasteiger partial charge < -0.3 is 0 Å². The van der Waals surface area contributed by atoms with Crippen molar-refractivity contribution in [3.63, 3.8) is 0 Å². The van der Waals surface area contributed by atoms with Crippen LogP contribution in [0.2, 0.25) is 0 Å². The van der Waals surface area contributed by atoms with Crippen LogP contribution < -0.4 is 2.23 Å². The van der Waals surface area contributed by atoms with Crippen molar-refractivity contribution in [2.24, 2.45) is 0 Å². The third-order valence-electron chi connectivity index (χ3n) is 1.06. The fourth-order valence-electron chi connectivity index (χ4n) is 0.608. The van der Waals surface area contributed by atoms with Crippen molar-refractivity contribution in [3.8, 4) is 0 Å². The quantitative estimate of drug-likeness (QED) is 0.373. The van der Waals surface area contributed by atoms with Crippen LogP contribution in [0.1, 0.15) is 0 Å². The Morgan fingerprint density at radius 2 is 1.90 bits per heavy atom. The van der Waals surface area contributed by atoms with Crippen molar-refractivity contribution in [2.75, 3.05) is 2.23 Å². The topological polar surface area (TPSA) is 3.24 Å². The zero-order valence-electron chi connectivity index (χ0n) is 5.09. The van der Waals surface area contributed by atoms with Gasteiger partial charge in [-0.2, -0.15) is 0 Å². The van der Waals surface area contributed by atoms with Gasteiger partial charge in [-0.3, -0.25) is 0 Å². The molecule has 4 heteroatoms. The first-order chi connectivity index (χ1) is 4.84. The molecule has 10 heavy (non-hydrogen) atoms. The Morgan fingerprint density at radius 1 is 1.30 bits per heavy atom. The summed E-state index contributed by atoms with van der Waals surface area (Å²) in [5.41, 5.74) is 1.13. The Kier molecular flexibility index (Phi) is 4.31. The molecule has 0 saturated heterocycles. The Balaban J connectivity index is 2.75.